The number of halogens is 1. The van der Waals surface area contributed by atoms with Gasteiger partial charge in [0.2, 0.25) is 10.0 Å². The Labute approximate surface area is 192 Å². The number of amides is 1. The van der Waals surface area contributed by atoms with Crippen LogP contribution in [0.4, 0.5) is 5.82 Å². The van der Waals surface area contributed by atoms with E-state index in [2.05, 4.69) is 40.0 Å². The summed E-state index contributed by atoms with van der Waals surface area (Å²) < 4.78 is 32.5. The molecular formula is C21H29BrN4O4S. The monoisotopic (exact) mass is 512 g/mol. The standard InChI is InChI=1S/C21H29BrN4O4S/c1-5-11-31(28,29)25-21(27)18-8-10-20(24-23-18)26(6-2)13-16-12-17(22)7-9-19(16)30-14-15(3)4/h7-10,12,15H,5-6,11,13-14H2,1-4H3,(H,25,27). The number of hydrogen-bond donors (Lipinski definition) is 1. The maximum atomic E-state index is 12.2. The molecule has 1 aromatic carbocycles. The van der Waals surface area contributed by atoms with Crippen molar-refractivity contribution in [2.45, 2.75) is 40.7 Å². The minimum absolute atomic E-state index is 0.0529. The van der Waals surface area contributed by atoms with Crippen molar-refractivity contribution in [2.24, 2.45) is 5.92 Å². The first-order chi connectivity index (χ1) is 14.6. The lowest BCUT2D eigenvalue weighted by atomic mass is 10.1. The predicted octanol–water partition coefficient (Wildman–Crippen LogP) is 3.77. The summed E-state index contributed by atoms with van der Waals surface area (Å²) in [6, 6.07) is 9.01. The van der Waals surface area contributed by atoms with Gasteiger partial charge in [0.05, 0.1) is 12.4 Å². The Kier molecular flexibility index (Phi) is 9.24. The SMILES string of the molecule is CCCS(=O)(=O)NC(=O)c1ccc(N(CC)Cc2cc(Br)ccc2OCC(C)C)nn1. The van der Waals surface area contributed by atoms with Gasteiger partial charge in [-0.1, -0.05) is 36.7 Å². The summed E-state index contributed by atoms with van der Waals surface area (Å²) in [7, 11) is -3.67. The molecule has 0 aliphatic heterocycles. The minimum atomic E-state index is -3.67. The van der Waals surface area contributed by atoms with E-state index in [0.29, 0.717) is 37.9 Å². The fourth-order valence-corrected chi connectivity index (χ4v) is 4.19. The van der Waals surface area contributed by atoms with Gasteiger partial charge in [-0.05, 0) is 49.6 Å². The number of carbonyl (C=O) groups is 1. The summed E-state index contributed by atoms with van der Waals surface area (Å²) in [4.78, 5) is 14.2. The summed E-state index contributed by atoms with van der Waals surface area (Å²) in [5, 5.41) is 8.06. The Morgan fingerprint density at radius 2 is 1.94 bits per heavy atom. The molecule has 0 unspecified atom stereocenters. The number of ether oxygens (including phenoxy) is 1. The second-order valence-corrected chi connectivity index (χ2v) is 10.3. The van der Waals surface area contributed by atoms with Crippen LogP contribution >= 0.6 is 15.9 Å². The van der Waals surface area contributed by atoms with Gasteiger partial charge < -0.3 is 9.64 Å². The first kappa shape index (κ1) is 25.1. The molecule has 2 rings (SSSR count). The quantitative estimate of drug-likeness (QED) is 0.488. The van der Waals surface area contributed by atoms with Gasteiger partial charge in [0.1, 0.15) is 5.75 Å². The van der Waals surface area contributed by atoms with Gasteiger partial charge in [-0.3, -0.25) is 4.79 Å². The first-order valence-corrected chi connectivity index (χ1v) is 12.6. The molecule has 0 atom stereocenters. The second-order valence-electron chi connectivity index (χ2n) is 7.50. The molecule has 31 heavy (non-hydrogen) atoms. The first-order valence-electron chi connectivity index (χ1n) is 10.2. The van der Waals surface area contributed by atoms with Crippen LogP contribution in [0.3, 0.4) is 0 Å². The van der Waals surface area contributed by atoms with Crippen molar-refractivity contribution < 1.29 is 17.9 Å². The smallest absolute Gasteiger partial charge is 0.285 e. The zero-order valence-electron chi connectivity index (χ0n) is 18.3. The highest BCUT2D eigenvalue weighted by molar-refractivity contribution is 9.10. The lowest BCUT2D eigenvalue weighted by Crippen LogP contribution is -2.33. The van der Waals surface area contributed by atoms with Crippen LogP contribution < -0.4 is 14.4 Å². The van der Waals surface area contributed by atoms with Crippen molar-refractivity contribution >= 4 is 37.7 Å². The van der Waals surface area contributed by atoms with Crippen LogP contribution in [-0.4, -0.2) is 43.4 Å². The van der Waals surface area contributed by atoms with Crippen LogP contribution in [0.1, 0.15) is 50.2 Å². The average molecular weight is 513 g/mol. The summed E-state index contributed by atoms with van der Waals surface area (Å²) >= 11 is 3.51. The van der Waals surface area contributed by atoms with E-state index in [9.17, 15) is 13.2 Å². The molecule has 0 aliphatic carbocycles. The fraction of sp³-hybridized carbons (Fsp3) is 0.476. The number of hydrogen-bond acceptors (Lipinski definition) is 7. The Bertz CT molecular complexity index is 981. The molecule has 0 radical (unpaired) electrons. The second kappa shape index (κ2) is 11.4. The molecule has 1 N–H and O–H groups in total. The van der Waals surface area contributed by atoms with Crippen LogP contribution in [0.5, 0.6) is 5.75 Å². The van der Waals surface area contributed by atoms with Crippen molar-refractivity contribution in [1.29, 1.82) is 0 Å². The van der Waals surface area contributed by atoms with Crippen molar-refractivity contribution in [2.75, 3.05) is 23.8 Å². The zero-order valence-corrected chi connectivity index (χ0v) is 20.7. The molecule has 0 spiro atoms. The Balaban J connectivity index is 2.17. The van der Waals surface area contributed by atoms with Crippen molar-refractivity contribution in [3.8, 4) is 5.75 Å². The molecule has 2 aromatic rings. The molecule has 8 nitrogen and oxygen atoms in total. The van der Waals surface area contributed by atoms with Gasteiger partial charge >= 0.3 is 0 Å². The van der Waals surface area contributed by atoms with Gasteiger partial charge in [-0.25, -0.2) is 13.1 Å². The number of benzene rings is 1. The number of rotatable bonds is 11. The van der Waals surface area contributed by atoms with Gasteiger partial charge in [-0.15, -0.1) is 10.2 Å². The number of carbonyl (C=O) groups excluding carboxylic acids is 1. The Hall–Kier alpha value is -2.20. The molecular weight excluding hydrogens is 484 g/mol. The van der Waals surface area contributed by atoms with E-state index >= 15 is 0 Å². The normalized spacial score (nSPS) is 11.4. The highest BCUT2D eigenvalue weighted by Crippen LogP contribution is 2.26. The van der Waals surface area contributed by atoms with Gasteiger partial charge in [0.15, 0.2) is 11.5 Å². The van der Waals surface area contributed by atoms with Gasteiger partial charge in [0, 0.05) is 23.1 Å². The number of nitrogens with zero attached hydrogens (tertiary/aromatic N) is 3. The van der Waals surface area contributed by atoms with Crippen LogP contribution in [0.25, 0.3) is 0 Å². The average Bonchev–Trinajstić information content (AvgIpc) is 2.71. The van der Waals surface area contributed by atoms with Gasteiger partial charge in [0.25, 0.3) is 5.91 Å². The summed E-state index contributed by atoms with van der Waals surface area (Å²) in [5.41, 5.74) is 0.939. The van der Waals surface area contributed by atoms with E-state index < -0.39 is 15.9 Å². The predicted molar refractivity (Wildman–Crippen MR) is 125 cm³/mol. The van der Waals surface area contributed by atoms with E-state index in [1.54, 1.807) is 13.0 Å². The van der Waals surface area contributed by atoms with E-state index in [4.69, 9.17) is 4.74 Å². The van der Waals surface area contributed by atoms with Crippen LogP contribution in [0, 0.1) is 5.92 Å². The molecule has 10 heteroatoms. The molecule has 1 heterocycles. The van der Waals surface area contributed by atoms with Crippen molar-refractivity contribution in [3.63, 3.8) is 0 Å². The fourth-order valence-electron chi connectivity index (χ4n) is 2.76. The molecule has 0 saturated heterocycles. The summed E-state index contributed by atoms with van der Waals surface area (Å²) in [5.74, 6) is 0.879. The molecule has 1 amide bonds. The third kappa shape index (κ3) is 7.77. The number of anilines is 1. The van der Waals surface area contributed by atoms with Crippen LogP contribution in [0.2, 0.25) is 0 Å². The Morgan fingerprint density at radius 1 is 1.19 bits per heavy atom. The topological polar surface area (TPSA) is 101 Å². The molecule has 0 aliphatic rings. The third-order valence-corrected chi connectivity index (χ3v) is 6.20. The van der Waals surface area contributed by atoms with Crippen LogP contribution in [0.15, 0.2) is 34.8 Å². The highest BCUT2D eigenvalue weighted by Gasteiger charge is 2.18. The molecule has 0 bridgehead atoms. The summed E-state index contributed by atoms with van der Waals surface area (Å²) in [6.07, 6.45) is 0.414. The van der Waals surface area contributed by atoms with E-state index in [1.807, 2.05) is 34.7 Å². The molecule has 0 fully saturated rings. The highest BCUT2D eigenvalue weighted by atomic mass is 79.9. The maximum absolute atomic E-state index is 12.2. The largest absolute Gasteiger partial charge is 0.493 e. The minimum Gasteiger partial charge on any atom is -0.493 e. The third-order valence-electron chi connectivity index (χ3n) is 4.27. The maximum Gasteiger partial charge on any atom is 0.285 e. The van der Waals surface area contributed by atoms with Crippen molar-refractivity contribution in [3.05, 3.63) is 46.1 Å². The molecule has 170 valence electrons. The molecule has 1 aromatic heterocycles. The number of sulfonamides is 1. The lowest BCUT2D eigenvalue weighted by Gasteiger charge is -2.23. The Morgan fingerprint density at radius 3 is 2.52 bits per heavy atom. The van der Waals surface area contributed by atoms with Gasteiger partial charge in [-0.2, -0.15) is 0 Å². The van der Waals surface area contributed by atoms with Crippen LogP contribution in [-0.2, 0) is 16.6 Å². The summed E-state index contributed by atoms with van der Waals surface area (Å²) in [6.45, 7) is 9.71. The van der Waals surface area contributed by atoms with E-state index in [0.717, 1.165) is 15.8 Å². The van der Waals surface area contributed by atoms with E-state index in [1.165, 1.54) is 6.07 Å². The number of nitrogens with one attached hydrogen (secondary N) is 1. The lowest BCUT2D eigenvalue weighted by molar-refractivity contribution is 0.0975. The van der Waals surface area contributed by atoms with Crippen molar-refractivity contribution in [1.82, 2.24) is 14.9 Å². The number of aromatic nitrogens is 2. The molecule has 0 saturated carbocycles. The van der Waals surface area contributed by atoms with E-state index in [-0.39, 0.29) is 11.4 Å². The zero-order chi connectivity index (χ0) is 23.0.